The molecule has 1 aromatic carbocycles. The van der Waals surface area contributed by atoms with E-state index in [9.17, 15) is 9.59 Å². The fourth-order valence-corrected chi connectivity index (χ4v) is 3.70. The molecule has 0 fully saturated rings. The first kappa shape index (κ1) is 19.8. The normalized spacial score (nSPS) is 16.7. The molecule has 6 nitrogen and oxygen atoms in total. The predicted octanol–water partition coefficient (Wildman–Crippen LogP) is 3.28. The Morgan fingerprint density at radius 3 is 2.89 bits per heavy atom. The number of nitriles is 1. The Labute approximate surface area is 165 Å². The highest BCUT2D eigenvalue weighted by Crippen LogP contribution is 2.32. The summed E-state index contributed by atoms with van der Waals surface area (Å²) in [6, 6.07) is 9.57. The third-order valence-corrected chi connectivity index (χ3v) is 5.28. The Morgan fingerprint density at radius 1 is 1.39 bits per heavy atom. The summed E-state index contributed by atoms with van der Waals surface area (Å²) in [5.74, 6) is -0.333. The second kappa shape index (κ2) is 8.39. The Bertz CT molecular complexity index is 948. The molecule has 0 spiro atoms. The zero-order chi connectivity index (χ0) is 20.3. The van der Waals surface area contributed by atoms with Gasteiger partial charge in [0.1, 0.15) is 0 Å². The second-order valence-electron chi connectivity index (χ2n) is 7.49. The van der Waals surface area contributed by atoms with Crippen LogP contribution >= 0.6 is 0 Å². The number of para-hydroxylation sites is 1. The SMILES string of the molecule is C[C@H]1CCc2nc3ccccc3c(C(=O)O[C@H](C)C(=O)N(C)CCC#N)c2C1. The van der Waals surface area contributed by atoms with Crippen molar-refractivity contribution in [3.63, 3.8) is 0 Å². The number of nitrogens with zero attached hydrogens (tertiary/aromatic N) is 3. The number of carbonyl (C=O) groups excluding carboxylic acids is 2. The summed E-state index contributed by atoms with van der Waals surface area (Å²) in [5.41, 5.74) is 3.20. The number of ether oxygens (including phenoxy) is 1. The molecule has 6 heteroatoms. The van der Waals surface area contributed by atoms with Crippen molar-refractivity contribution >= 4 is 22.8 Å². The van der Waals surface area contributed by atoms with Crippen molar-refractivity contribution in [2.45, 2.75) is 45.6 Å². The van der Waals surface area contributed by atoms with Crippen LogP contribution in [0.2, 0.25) is 0 Å². The standard InChI is InChI=1S/C22H25N3O3/c1-14-9-10-19-17(13-14)20(16-7-4-5-8-18(16)24-19)22(27)28-15(2)21(26)25(3)12-6-11-23/h4-5,7-8,14-15H,6,9-10,12-13H2,1-3H3/t14-,15+/m0/s1. The maximum atomic E-state index is 13.1. The van der Waals surface area contributed by atoms with Gasteiger partial charge in [-0.25, -0.2) is 4.79 Å². The van der Waals surface area contributed by atoms with Crippen LogP contribution < -0.4 is 0 Å². The van der Waals surface area contributed by atoms with Crippen molar-refractivity contribution in [2.75, 3.05) is 13.6 Å². The maximum Gasteiger partial charge on any atom is 0.339 e. The zero-order valence-electron chi connectivity index (χ0n) is 16.6. The summed E-state index contributed by atoms with van der Waals surface area (Å²) in [4.78, 5) is 31.7. The molecule has 28 heavy (non-hydrogen) atoms. The molecule has 1 aromatic heterocycles. The predicted molar refractivity (Wildman–Crippen MR) is 106 cm³/mol. The number of pyridine rings is 1. The molecular formula is C22H25N3O3. The lowest BCUT2D eigenvalue weighted by Gasteiger charge is -2.25. The number of aromatic nitrogens is 1. The van der Waals surface area contributed by atoms with Crippen molar-refractivity contribution in [2.24, 2.45) is 5.92 Å². The smallest absolute Gasteiger partial charge is 0.339 e. The van der Waals surface area contributed by atoms with Crippen molar-refractivity contribution < 1.29 is 14.3 Å². The number of likely N-dealkylation sites (N-methyl/N-ethyl adjacent to an activating group) is 1. The van der Waals surface area contributed by atoms with Crippen molar-refractivity contribution in [1.82, 2.24) is 9.88 Å². The molecule has 2 aromatic rings. The van der Waals surface area contributed by atoms with E-state index < -0.39 is 12.1 Å². The number of hydrogen-bond donors (Lipinski definition) is 0. The molecule has 0 N–H and O–H groups in total. The number of fused-ring (bicyclic) bond motifs is 2. The van der Waals surface area contributed by atoms with E-state index in [1.807, 2.05) is 30.3 Å². The number of amides is 1. The number of carbonyl (C=O) groups is 2. The van der Waals surface area contributed by atoms with Gasteiger partial charge in [0, 0.05) is 24.7 Å². The lowest BCUT2D eigenvalue weighted by Crippen LogP contribution is -2.38. The molecule has 0 saturated heterocycles. The summed E-state index contributed by atoms with van der Waals surface area (Å²) in [5, 5.41) is 9.45. The van der Waals surface area contributed by atoms with E-state index in [1.165, 1.54) is 4.90 Å². The van der Waals surface area contributed by atoms with Gasteiger partial charge < -0.3 is 9.64 Å². The van der Waals surface area contributed by atoms with Crippen LogP contribution in [0.4, 0.5) is 0 Å². The minimum Gasteiger partial charge on any atom is -0.449 e. The van der Waals surface area contributed by atoms with Crippen LogP contribution in [0.1, 0.15) is 48.3 Å². The lowest BCUT2D eigenvalue weighted by molar-refractivity contribution is -0.138. The van der Waals surface area contributed by atoms with E-state index in [-0.39, 0.29) is 12.3 Å². The lowest BCUT2D eigenvalue weighted by atomic mass is 9.84. The number of rotatable bonds is 5. The summed E-state index contributed by atoms with van der Waals surface area (Å²) in [6.45, 7) is 4.05. The van der Waals surface area contributed by atoms with Crippen LogP contribution in [0.3, 0.4) is 0 Å². The average molecular weight is 379 g/mol. The number of benzene rings is 1. The van der Waals surface area contributed by atoms with Crippen molar-refractivity contribution in [3.05, 3.63) is 41.1 Å². The monoisotopic (exact) mass is 379 g/mol. The van der Waals surface area contributed by atoms with Gasteiger partial charge >= 0.3 is 5.97 Å². The first-order chi connectivity index (χ1) is 13.4. The van der Waals surface area contributed by atoms with Gasteiger partial charge in [-0.05, 0) is 43.7 Å². The van der Waals surface area contributed by atoms with Crippen LogP contribution in [-0.2, 0) is 22.4 Å². The van der Waals surface area contributed by atoms with Gasteiger partial charge in [-0.15, -0.1) is 0 Å². The van der Waals surface area contributed by atoms with Crippen molar-refractivity contribution in [3.8, 4) is 6.07 Å². The summed E-state index contributed by atoms with van der Waals surface area (Å²) in [7, 11) is 1.61. The number of aryl methyl sites for hydroxylation is 1. The molecule has 146 valence electrons. The minimum absolute atomic E-state index is 0.239. The Morgan fingerprint density at radius 2 is 2.14 bits per heavy atom. The third kappa shape index (κ3) is 3.99. The van der Waals surface area contributed by atoms with Gasteiger partial charge in [-0.1, -0.05) is 25.1 Å². The average Bonchev–Trinajstić information content (AvgIpc) is 2.69. The molecule has 3 rings (SSSR count). The van der Waals surface area contributed by atoms with E-state index in [1.54, 1.807) is 14.0 Å². The quantitative estimate of drug-likeness (QED) is 0.745. The van der Waals surface area contributed by atoms with Crippen LogP contribution in [0.15, 0.2) is 24.3 Å². The zero-order valence-corrected chi connectivity index (χ0v) is 16.6. The van der Waals surface area contributed by atoms with E-state index >= 15 is 0 Å². The second-order valence-corrected chi connectivity index (χ2v) is 7.49. The third-order valence-electron chi connectivity index (χ3n) is 5.28. The number of esters is 1. The molecule has 0 saturated carbocycles. The molecule has 0 bridgehead atoms. The van der Waals surface area contributed by atoms with E-state index in [0.29, 0.717) is 18.0 Å². The van der Waals surface area contributed by atoms with Gasteiger partial charge in [0.05, 0.1) is 23.6 Å². The largest absolute Gasteiger partial charge is 0.449 e. The van der Waals surface area contributed by atoms with Gasteiger partial charge in [-0.2, -0.15) is 5.26 Å². The highest BCUT2D eigenvalue weighted by molar-refractivity contribution is 6.05. The van der Waals surface area contributed by atoms with Gasteiger partial charge in [0.15, 0.2) is 6.10 Å². The van der Waals surface area contributed by atoms with Gasteiger partial charge in [0.2, 0.25) is 0 Å². The van der Waals surface area contributed by atoms with Gasteiger partial charge in [-0.3, -0.25) is 9.78 Å². The van der Waals surface area contributed by atoms with Crippen LogP contribution in [-0.4, -0.2) is 41.5 Å². The number of hydrogen-bond acceptors (Lipinski definition) is 5. The highest BCUT2D eigenvalue weighted by Gasteiger charge is 2.29. The van der Waals surface area contributed by atoms with E-state index in [2.05, 4.69) is 6.92 Å². The highest BCUT2D eigenvalue weighted by atomic mass is 16.5. The summed E-state index contributed by atoms with van der Waals surface area (Å²) < 4.78 is 5.57. The minimum atomic E-state index is -0.917. The Balaban J connectivity index is 1.92. The van der Waals surface area contributed by atoms with Crippen molar-refractivity contribution in [1.29, 1.82) is 5.26 Å². The molecule has 1 amide bonds. The topological polar surface area (TPSA) is 83.3 Å². The van der Waals surface area contributed by atoms with Crippen LogP contribution in [0, 0.1) is 17.2 Å². The molecule has 0 radical (unpaired) electrons. The van der Waals surface area contributed by atoms with Gasteiger partial charge in [0.25, 0.3) is 5.91 Å². The Hall–Kier alpha value is -2.94. The Kier molecular flexibility index (Phi) is 5.93. The molecular weight excluding hydrogens is 354 g/mol. The van der Waals surface area contributed by atoms with E-state index in [4.69, 9.17) is 15.0 Å². The summed E-state index contributed by atoms with van der Waals surface area (Å²) in [6.07, 6.45) is 1.99. The molecule has 0 aliphatic heterocycles. The van der Waals surface area contributed by atoms with Crippen LogP contribution in [0.25, 0.3) is 10.9 Å². The maximum absolute atomic E-state index is 13.1. The fraction of sp³-hybridized carbons (Fsp3) is 0.455. The fourth-order valence-electron chi connectivity index (χ4n) is 3.70. The first-order valence-corrected chi connectivity index (χ1v) is 9.65. The van der Waals surface area contributed by atoms with Crippen LogP contribution in [0.5, 0.6) is 0 Å². The molecule has 0 unspecified atom stereocenters. The first-order valence-electron chi connectivity index (χ1n) is 9.65. The molecule has 2 atom stereocenters. The molecule has 1 heterocycles. The molecule has 1 aliphatic rings. The molecule has 1 aliphatic carbocycles. The summed E-state index contributed by atoms with van der Waals surface area (Å²) >= 11 is 0. The van der Waals surface area contributed by atoms with E-state index in [0.717, 1.165) is 41.4 Å².